The summed E-state index contributed by atoms with van der Waals surface area (Å²) >= 11 is 0. The Hall–Kier alpha value is -0.0757. The van der Waals surface area contributed by atoms with Gasteiger partial charge >= 0.3 is 21.7 Å². The predicted octanol–water partition coefficient (Wildman–Crippen LogP) is -3.77. The number of H-pyrrole nitrogens is 1. The summed E-state index contributed by atoms with van der Waals surface area (Å²) in [6.45, 7) is 0. The summed E-state index contributed by atoms with van der Waals surface area (Å²) in [6.07, 6.45) is 4.56. The minimum atomic E-state index is 0. The van der Waals surface area contributed by atoms with Gasteiger partial charge in [0.2, 0.25) is 0 Å². The number of hydrogen-bond acceptors (Lipinski definition) is 0. The SMILES string of the molecule is [Cl-].[Cl-].[Ti+4].[c-]1ccc[nH]1.c1cc[cH-]c1. The summed E-state index contributed by atoms with van der Waals surface area (Å²) < 4.78 is 0. The zero-order valence-corrected chi connectivity index (χ0v) is 9.95. The molecular formula is C9H9Cl2NTi. The van der Waals surface area contributed by atoms with Crippen molar-refractivity contribution in [3.8, 4) is 0 Å². The summed E-state index contributed by atoms with van der Waals surface area (Å²) in [6, 6.07) is 13.7. The molecule has 0 aliphatic heterocycles. The molecule has 0 amide bonds. The first-order valence-electron chi connectivity index (χ1n) is 3.16. The van der Waals surface area contributed by atoms with Gasteiger partial charge in [0.25, 0.3) is 0 Å². The molecule has 0 unspecified atom stereocenters. The Bertz CT molecular complexity index is 157. The van der Waals surface area contributed by atoms with Crippen LogP contribution in [0.15, 0.2) is 48.7 Å². The van der Waals surface area contributed by atoms with Crippen molar-refractivity contribution in [3.05, 3.63) is 54.9 Å². The number of rotatable bonds is 0. The molecule has 0 saturated carbocycles. The topological polar surface area (TPSA) is 15.8 Å². The van der Waals surface area contributed by atoms with E-state index in [1.165, 1.54) is 0 Å². The van der Waals surface area contributed by atoms with Gasteiger partial charge < -0.3 is 29.8 Å². The first-order valence-corrected chi connectivity index (χ1v) is 3.16. The smallest absolute Gasteiger partial charge is 1.00 e. The van der Waals surface area contributed by atoms with Crippen molar-refractivity contribution in [2.45, 2.75) is 0 Å². The third-order valence-electron chi connectivity index (χ3n) is 0.998. The normalized spacial score (nSPS) is 6.15. The van der Waals surface area contributed by atoms with Gasteiger partial charge in [0.1, 0.15) is 0 Å². The van der Waals surface area contributed by atoms with Gasteiger partial charge in [-0.05, 0) is 0 Å². The van der Waals surface area contributed by atoms with Gasteiger partial charge in [0.05, 0.1) is 0 Å². The number of hydrogen-bond donors (Lipinski definition) is 1. The van der Waals surface area contributed by atoms with Crippen LogP contribution in [0.2, 0.25) is 0 Å². The summed E-state index contributed by atoms with van der Waals surface area (Å²) in [7, 11) is 0. The van der Waals surface area contributed by atoms with Crippen molar-refractivity contribution < 1.29 is 46.5 Å². The predicted molar refractivity (Wildman–Crippen MR) is 41.7 cm³/mol. The van der Waals surface area contributed by atoms with Crippen molar-refractivity contribution >= 4 is 0 Å². The van der Waals surface area contributed by atoms with Crippen LogP contribution in [-0.2, 0) is 21.7 Å². The first-order chi connectivity index (χ1) is 5.00. The summed E-state index contributed by atoms with van der Waals surface area (Å²) in [5, 5.41) is 0. The van der Waals surface area contributed by atoms with Crippen LogP contribution in [0, 0.1) is 6.20 Å². The minimum Gasteiger partial charge on any atom is -1.00 e. The summed E-state index contributed by atoms with van der Waals surface area (Å²) in [5.41, 5.74) is 0. The number of halogens is 2. The van der Waals surface area contributed by atoms with Crippen LogP contribution in [0.1, 0.15) is 0 Å². The molecule has 0 radical (unpaired) electrons. The standard InChI is InChI=1S/C5H5.C4H4N.2ClH.Ti/c2*1-2-4-5-3-1;;;/h1-5H;1-3,5H;2*1H;/q2*-1;;;+4/p-2. The van der Waals surface area contributed by atoms with Gasteiger partial charge in [0, 0.05) is 0 Å². The Morgan fingerprint density at radius 2 is 1.62 bits per heavy atom. The molecule has 1 N–H and O–H groups in total. The maximum absolute atomic E-state index is 2.74. The molecule has 4 heteroatoms. The molecule has 0 bridgehead atoms. The fourth-order valence-electron chi connectivity index (χ4n) is 0.561. The quantitative estimate of drug-likeness (QED) is 0.365. The summed E-state index contributed by atoms with van der Waals surface area (Å²) in [5.74, 6) is 0. The van der Waals surface area contributed by atoms with Gasteiger partial charge in [-0.3, -0.25) is 0 Å². The van der Waals surface area contributed by atoms with E-state index in [0.29, 0.717) is 0 Å². The van der Waals surface area contributed by atoms with E-state index in [-0.39, 0.29) is 46.5 Å². The summed E-state index contributed by atoms with van der Waals surface area (Å²) in [4.78, 5) is 2.74. The third kappa shape index (κ3) is 11.9. The molecule has 1 aromatic heterocycles. The molecule has 68 valence electrons. The van der Waals surface area contributed by atoms with Crippen molar-refractivity contribution in [1.82, 2.24) is 4.98 Å². The molecule has 2 rings (SSSR count). The van der Waals surface area contributed by atoms with Crippen molar-refractivity contribution in [2.75, 3.05) is 0 Å². The van der Waals surface area contributed by atoms with Crippen LogP contribution < -0.4 is 24.8 Å². The molecule has 1 heterocycles. The second-order valence-corrected chi connectivity index (χ2v) is 1.78. The molecule has 0 fully saturated rings. The van der Waals surface area contributed by atoms with E-state index < -0.39 is 0 Å². The maximum Gasteiger partial charge on any atom is 4.00 e. The Balaban J connectivity index is -0.000000125. The van der Waals surface area contributed by atoms with Crippen LogP contribution in [0.5, 0.6) is 0 Å². The molecule has 0 aliphatic rings. The van der Waals surface area contributed by atoms with Gasteiger partial charge in [0.15, 0.2) is 0 Å². The Labute approximate surface area is 106 Å². The van der Waals surface area contributed by atoms with E-state index in [9.17, 15) is 0 Å². The number of aromatic nitrogens is 1. The van der Waals surface area contributed by atoms with Crippen LogP contribution >= 0.6 is 0 Å². The average molecular weight is 250 g/mol. The molecule has 2 aromatic rings. The zero-order valence-electron chi connectivity index (χ0n) is 6.87. The number of nitrogens with one attached hydrogen (secondary N) is 1. The molecule has 0 atom stereocenters. The van der Waals surface area contributed by atoms with E-state index in [0.717, 1.165) is 0 Å². The second-order valence-electron chi connectivity index (χ2n) is 1.78. The van der Waals surface area contributed by atoms with Crippen molar-refractivity contribution in [3.63, 3.8) is 0 Å². The molecule has 1 nitrogen and oxygen atoms in total. The molecule has 13 heavy (non-hydrogen) atoms. The molecular weight excluding hydrogens is 241 g/mol. The fourth-order valence-corrected chi connectivity index (χ4v) is 0.561. The van der Waals surface area contributed by atoms with E-state index >= 15 is 0 Å². The number of aromatic amines is 1. The monoisotopic (exact) mass is 249 g/mol. The molecule has 0 aliphatic carbocycles. The Morgan fingerprint density at radius 1 is 1.00 bits per heavy atom. The van der Waals surface area contributed by atoms with Crippen LogP contribution in [0.3, 0.4) is 0 Å². The molecule has 0 spiro atoms. The molecule has 1 aromatic carbocycles. The fraction of sp³-hybridized carbons (Fsp3) is 0. The van der Waals surface area contributed by atoms with Crippen molar-refractivity contribution in [2.24, 2.45) is 0 Å². The van der Waals surface area contributed by atoms with Gasteiger partial charge in [-0.25, -0.2) is 12.1 Å². The van der Waals surface area contributed by atoms with E-state index in [1.807, 2.05) is 48.7 Å². The maximum atomic E-state index is 2.74. The van der Waals surface area contributed by atoms with Gasteiger partial charge in [-0.15, -0.1) is 6.20 Å². The van der Waals surface area contributed by atoms with Crippen LogP contribution in [0.4, 0.5) is 0 Å². The minimum absolute atomic E-state index is 0. The average Bonchev–Trinajstić information content (AvgIpc) is 2.67. The first kappa shape index (κ1) is 18.7. The Kier molecular flexibility index (Phi) is 20.7. The van der Waals surface area contributed by atoms with Crippen molar-refractivity contribution in [1.29, 1.82) is 0 Å². The van der Waals surface area contributed by atoms with E-state index in [4.69, 9.17) is 0 Å². The zero-order chi connectivity index (χ0) is 7.07. The van der Waals surface area contributed by atoms with E-state index in [2.05, 4.69) is 11.2 Å². The van der Waals surface area contributed by atoms with E-state index in [1.54, 1.807) is 0 Å². The Morgan fingerprint density at radius 3 is 1.77 bits per heavy atom. The van der Waals surface area contributed by atoms with Crippen LogP contribution in [0.25, 0.3) is 0 Å². The largest absolute Gasteiger partial charge is 4.00 e. The van der Waals surface area contributed by atoms with Gasteiger partial charge in [-0.1, -0.05) is 0 Å². The van der Waals surface area contributed by atoms with Crippen LogP contribution in [-0.4, -0.2) is 4.98 Å². The second kappa shape index (κ2) is 14.4. The molecule has 0 saturated heterocycles. The third-order valence-corrected chi connectivity index (χ3v) is 0.998. The van der Waals surface area contributed by atoms with Gasteiger partial charge in [-0.2, -0.15) is 36.5 Å².